The van der Waals surface area contributed by atoms with Crippen molar-refractivity contribution in [2.24, 2.45) is 0 Å². The molecule has 10 heteroatoms. The fourth-order valence-corrected chi connectivity index (χ4v) is 6.48. The van der Waals surface area contributed by atoms with Gasteiger partial charge in [0, 0.05) is 10.9 Å². The first kappa shape index (κ1) is 22.5. The molecule has 1 amide bonds. The Morgan fingerprint density at radius 1 is 1.33 bits per heavy atom. The lowest BCUT2D eigenvalue weighted by atomic mass is 10.1. The van der Waals surface area contributed by atoms with Gasteiger partial charge in [0.1, 0.15) is 10.7 Å². The monoisotopic (exact) mass is 453 g/mol. The summed E-state index contributed by atoms with van der Waals surface area (Å²) in [4.78, 5) is 26.4. The molecule has 1 saturated heterocycles. The third kappa shape index (κ3) is 5.28. The molecular weight excluding hydrogens is 426 g/mol. The van der Waals surface area contributed by atoms with E-state index in [-0.39, 0.29) is 17.5 Å². The highest BCUT2D eigenvalue weighted by atomic mass is 32.2. The van der Waals surface area contributed by atoms with Crippen LogP contribution in [0.3, 0.4) is 0 Å². The topological polar surface area (TPSA) is 107 Å². The zero-order valence-electron chi connectivity index (χ0n) is 17.4. The highest BCUT2D eigenvalue weighted by Gasteiger charge is 2.31. The normalized spacial score (nSPS) is 17.8. The number of aryl methyl sites for hydroxylation is 3. The van der Waals surface area contributed by atoms with Gasteiger partial charge < -0.3 is 10.1 Å². The minimum absolute atomic E-state index is 0.00418. The molecule has 1 unspecified atom stereocenters. The molecule has 8 nitrogen and oxygen atoms in total. The van der Waals surface area contributed by atoms with E-state index >= 15 is 0 Å². The van der Waals surface area contributed by atoms with Crippen molar-refractivity contribution in [1.29, 1.82) is 0 Å². The molecule has 1 atom stereocenters. The summed E-state index contributed by atoms with van der Waals surface area (Å²) in [5.41, 5.74) is 1.81. The van der Waals surface area contributed by atoms with Crippen LogP contribution >= 0.6 is 11.3 Å². The molecule has 1 aliphatic rings. The average Bonchev–Trinajstić information content (AvgIpc) is 3.36. The summed E-state index contributed by atoms with van der Waals surface area (Å²) in [5.74, 6) is -0.484. The fourth-order valence-electron chi connectivity index (χ4n) is 3.54. The van der Waals surface area contributed by atoms with E-state index in [4.69, 9.17) is 4.74 Å². The molecule has 3 rings (SSSR count). The van der Waals surface area contributed by atoms with Gasteiger partial charge in [-0.15, -0.1) is 11.3 Å². The standard InChI is InChI=1S/C20H27N3O5S2/c1-4-6-16-14(5-2)10-17(29-16)20(25)28-11-19(24)21-18-9-13(3)22-23(18)15-7-8-30(26,27)12-15/h9-10,15H,4-8,11-12H2,1-3H3,(H,21,24). The third-order valence-corrected chi connectivity index (χ3v) is 7.94. The summed E-state index contributed by atoms with van der Waals surface area (Å²) in [6, 6.07) is 3.21. The van der Waals surface area contributed by atoms with Gasteiger partial charge in [0.2, 0.25) is 0 Å². The predicted molar refractivity (Wildman–Crippen MR) is 116 cm³/mol. The number of ether oxygens (including phenoxy) is 1. The number of carbonyl (C=O) groups is 2. The Bertz CT molecular complexity index is 1040. The van der Waals surface area contributed by atoms with E-state index in [1.807, 2.05) is 13.0 Å². The van der Waals surface area contributed by atoms with Crippen molar-refractivity contribution in [3.63, 3.8) is 0 Å². The van der Waals surface area contributed by atoms with Gasteiger partial charge in [0.25, 0.3) is 5.91 Å². The summed E-state index contributed by atoms with van der Waals surface area (Å²) >= 11 is 1.42. The van der Waals surface area contributed by atoms with Crippen molar-refractivity contribution >= 4 is 38.9 Å². The zero-order valence-corrected chi connectivity index (χ0v) is 19.1. The minimum atomic E-state index is -3.08. The van der Waals surface area contributed by atoms with Gasteiger partial charge in [-0.2, -0.15) is 5.10 Å². The van der Waals surface area contributed by atoms with Crippen LogP contribution in [-0.4, -0.2) is 48.2 Å². The molecular formula is C20H27N3O5S2. The van der Waals surface area contributed by atoms with E-state index in [0.29, 0.717) is 22.8 Å². The van der Waals surface area contributed by atoms with Crippen molar-refractivity contribution in [2.75, 3.05) is 23.4 Å². The van der Waals surface area contributed by atoms with Gasteiger partial charge in [-0.1, -0.05) is 20.3 Å². The van der Waals surface area contributed by atoms with Crippen LogP contribution in [0.2, 0.25) is 0 Å². The number of sulfone groups is 1. The first-order chi connectivity index (χ1) is 14.2. The second-order valence-corrected chi connectivity index (χ2v) is 10.8. The quantitative estimate of drug-likeness (QED) is 0.616. The molecule has 1 N–H and O–H groups in total. The van der Waals surface area contributed by atoms with Crippen LogP contribution in [0.15, 0.2) is 12.1 Å². The number of nitrogens with zero attached hydrogens (tertiary/aromatic N) is 2. The van der Waals surface area contributed by atoms with Crippen LogP contribution in [0.25, 0.3) is 0 Å². The van der Waals surface area contributed by atoms with Crippen molar-refractivity contribution in [2.45, 2.75) is 52.5 Å². The van der Waals surface area contributed by atoms with Gasteiger partial charge in [0.05, 0.1) is 23.2 Å². The highest BCUT2D eigenvalue weighted by Crippen LogP contribution is 2.27. The molecule has 164 valence electrons. The average molecular weight is 454 g/mol. The minimum Gasteiger partial charge on any atom is -0.451 e. The molecule has 1 fully saturated rings. The van der Waals surface area contributed by atoms with Crippen LogP contribution < -0.4 is 5.32 Å². The first-order valence-corrected chi connectivity index (χ1v) is 12.7. The summed E-state index contributed by atoms with van der Waals surface area (Å²) in [7, 11) is -3.08. The molecule has 2 aromatic rings. The number of rotatable bonds is 8. The number of amides is 1. The third-order valence-electron chi connectivity index (χ3n) is 4.97. The molecule has 0 spiro atoms. The number of aromatic nitrogens is 2. The second-order valence-electron chi connectivity index (χ2n) is 7.46. The van der Waals surface area contributed by atoms with Gasteiger partial charge in [-0.3, -0.25) is 4.79 Å². The van der Waals surface area contributed by atoms with E-state index in [1.165, 1.54) is 16.2 Å². The number of hydrogen-bond acceptors (Lipinski definition) is 7. The molecule has 30 heavy (non-hydrogen) atoms. The number of esters is 1. The SMILES string of the molecule is CCCc1sc(C(=O)OCC(=O)Nc2cc(C)nn2C2CCS(=O)(=O)C2)cc1CC. The molecule has 3 heterocycles. The fraction of sp³-hybridized carbons (Fsp3) is 0.550. The Morgan fingerprint density at radius 3 is 2.73 bits per heavy atom. The zero-order chi connectivity index (χ0) is 21.9. The van der Waals surface area contributed by atoms with Gasteiger partial charge in [-0.05, 0) is 37.8 Å². The van der Waals surface area contributed by atoms with Crippen LogP contribution in [0.4, 0.5) is 5.82 Å². The van der Waals surface area contributed by atoms with E-state index in [9.17, 15) is 18.0 Å². The summed E-state index contributed by atoms with van der Waals surface area (Å²) in [6.45, 7) is 5.49. The number of thiophene rings is 1. The highest BCUT2D eigenvalue weighted by molar-refractivity contribution is 7.91. The molecule has 0 aromatic carbocycles. The molecule has 0 bridgehead atoms. The van der Waals surface area contributed by atoms with E-state index in [0.717, 1.165) is 24.8 Å². The maximum absolute atomic E-state index is 12.4. The van der Waals surface area contributed by atoms with Gasteiger partial charge in [0.15, 0.2) is 16.4 Å². The van der Waals surface area contributed by atoms with Crippen molar-refractivity contribution in [3.05, 3.63) is 33.1 Å². The van der Waals surface area contributed by atoms with Crippen LogP contribution in [0, 0.1) is 6.92 Å². The van der Waals surface area contributed by atoms with Crippen molar-refractivity contribution < 1.29 is 22.7 Å². The predicted octanol–water partition coefficient (Wildman–Crippen LogP) is 2.92. The lowest BCUT2D eigenvalue weighted by Gasteiger charge is -2.13. The number of carbonyl (C=O) groups excluding carboxylic acids is 2. The maximum Gasteiger partial charge on any atom is 0.348 e. The van der Waals surface area contributed by atoms with E-state index in [1.54, 1.807) is 17.7 Å². The smallest absolute Gasteiger partial charge is 0.348 e. The summed E-state index contributed by atoms with van der Waals surface area (Å²) < 4.78 is 30.3. The molecule has 2 aromatic heterocycles. The van der Waals surface area contributed by atoms with Crippen LogP contribution in [-0.2, 0) is 32.2 Å². The van der Waals surface area contributed by atoms with E-state index in [2.05, 4.69) is 17.3 Å². The Morgan fingerprint density at radius 2 is 2.10 bits per heavy atom. The Hall–Kier alpha value is -2.20. The number of nitrogens with one attached hydrogen (secondary N) is 1. The maximum atomic E-state index is 12.4. The Kier molecular flexibility index (Phi) is 6.97. The molecule has 0 saturated carbocycles. The van der Waals surface area contributed by atoms with Gasteiger partial charge in [-0.25, -0.2) is 17.9 Å². The lowest BCUT2D eigenvalue weighted by molar-refractivity contribution is -0.119. The van der Waals surface area contributed by atoms with Crippen LogP contribution in [0.5, 0.6) is 0 Å². The summed E-state index contributed by atoms with van der Waals surface area (Å²) in [5, 5.41) is 7.01. The molecule has 0 radical (unpaired) electrons. The first-order valence-electron chi connectivity index (χ1n) is 10.1. The Labute approximate surface area is 180 Å². The van der Waals surface area contributed by atoms with Crippen molar-refractivity contribution in [3.8, 4) is 0 Å². The van der Waals surface area contributed by atoms with Crippen molar-refractivity contribution in [1.82, 2.24) is 9.78 Å². The lowest BCUT2D eigenvalue weighted by Crippen LogP contribution is -2.24. The Balaban J connectivity index is 1.61. The summed E-state index contributed by atoms with van der Waals surface area (Å²) in [6.07, 6.45) is 3.22. The number of hydrogen-bond donors (Lipinski definition) is 1. The second kappa shape index (κ2) is 9.30. The van der Waals surface area contributed by atoms with Crippen LogP contribution in [0.1, 0.15) is 58.5 Å². The molecule has 1 aliphatic heterocycles. The largest absolute Gasteiger partial charge is 0.451 e. The molecule has 0 aliphatic carbocycles. The van der Waals surface area contributed by atoms with E-state index < -0.39 is 28.3 Å². The number of anilines is 1. The van der Waals surface area contributed by atoms with Gasteiger partial charge >= 0.3 is 5.97 Å².